The van der Waals surface area contributed by atoms with Crippen LogP contribution in [0.4, 0.5) is 0 Å². The topological polar surface area (TPSA) is 26.0 Å². The molecule has 0 saturated heterocycles. The third-order valence-electron chi connectivity index (χ3n) is 3.01. The van der Waals surface area contributed by atoms with E-state index in [-0.39, 0.29) is 5.54 Å². The van der Waals surface area contributed by atoms with Crippen LogP contribution in [0.25, 0.3) is 0 Å². The lowest BCUT2D eigenvalue weighted by Crippen LogP contribution is -2.34. The molecule has 1 heterocycles. The van der Waals surface area contributed by atoms with Crippen LogP contribution in [-0.4, -0.2) is 0 Å². The Kier molecular flexibility index (Phi) is 2.70. The van der Waals surface area contributed by atoms with E-state index in [2.05, 4.69) is 17.5 Å². The van der Waals surface area contributed by atoms with Crippen LogP contribution < -0.4 is 5.73 Å². The van der Waals surface area contributed by atoms with Gasteiger partial charge in [-0.25, -0.2) is 0 Å². The highest BCUT2D eigenvalue weighted by Gasteiger charge is 2.28. The minimum atomic E-state index is 0.00463. The van der Waals surface area contributed by atoms with Crippen molar-refractivity contribution in [2.45, 2.75) is 44.1 Å². The Bertz CT molecular complexity index is 245. The van der Waals surface area contributed by atoms with Crippen LogP contribution in [0.5, 0.6) is 0 Å². The van der Waals surface area contributed by atoms with Gasteiger partial charge in [0.1, 0.15) is 0 Å². The molecule has 0 amide bonds. The van der Waals surface area contributed by atoms with Crippen molar-refractivity contribution < 1.29 is 0 Å². The number of hydrogen-bond donors (Lipinski definition) is 1. The SMILES string of the molecule is NC1(c2cccs2)CCCCCC1. The lowest BCUT2D eigenvalue weighted by atomic mass is 9.90. The van der Waals surface area contributed by atoms with Gasteiger partial charge in [0.25, 0.3) is 0 Å². The van der Waals surface area contributed by atoms with E-state index in [0.717, 1.165) is 0 Å². The van der Waals surface area contributed by atoms with Crippen molar-refractivity contribution in [1.82, 2.24) is 0 Å². The first-order valence-corrected chi connectivity index (χ1v) is 6.02. The molecule has 13 heavy (non-hydrogen) atoms. The van der Waals surface area contributed by atoms with E-state index in [4.69, 9.17) is 5.73 Å². The Morgan fingerprint density at radius 3 is 2.38 bits per heavy atom. The molecule has 0 bridgehead atoms. The zero-order chi connectivity index (χ0) is 9.15. The maximum Gasteiger partial charge on any atom is 0.0503 e. The molecule has 0 spiro atoms. The summed E-state index contributed by atoms with van der Waals surface area (Å²) in [7, 11) is 0. The molecular formula is C11H17NS. The summed E-state index contributed by atoms with van der Waals surface area (Å²) in [5.74, 6) is 0. The fourth-order valence-electron chi connectivity index (χ4n) is 2.17. The smallest absolute Gasteiger partial charge is 0.0503 e. The molecule has 1 aliphatic carbocycles. The molecule has 0 aromatic carbocycles. The fraction of sp³-hybridized carbons (Fsp3) is 0.636. The van der Waals surface area contributed by atoms with Crippen LogP contribution in [0.1, 0.15) is 43.4 Å². The summed E-state index contributed by atoms with van der Waals surface area (Å²) in [6.45, 7) is 0. The lowest BCUT2D eigenvalue weighted by molar-refractivity contribution is 0.393. The van der Waals surface area contributed by atoms with Crippen LogP contribution in [0.15, 0.2) is 17.5 Å². The van der Waals surface area contributed by atoms with Crippen molar-refractivity contribution >= 4 is 11.3 Å². The second kappa shape index (κ2) is 3.81. The highest BCUT2D eigenvalue weighted by atomic mass is 32.1. The maximum atomic E-state index is 6.44. The quantitative estimate of drug-likeness (QED) is 0.684. The molecule has 1 aromatic rings. The zero-order valence-electron chi connectivity index (χ0n) is 7.96. The average Bonchev–Trinajstić information content (AvgIpc) is 2.57. The summed E-state index contributed by atoms with van der Waals surface area (Å²) in [6.07, 6.45) is 7.68. The Balaban J connectivity index is 2.17. The first kappa shape index (κ1) is 9.22. The van der Waals surface area contributed by atoms with E-state index in [9.17, 15) is 0 Å². The molecule has 2 N–H and O–H groups in total. The van der Waals surface area contributed by atoms with Crippen LogP contribution in [0.2, 0.25) is 0 Å². The van der Waals surface area contributed by atoms with Gasteiger partial charge in [-0.3, -0.25) is 0 Å². The van der Waals surface area contributed by atoms with Crippen molar-refractivity contribution in [1.29, 1.82) is 0 Å². The molecular weight excluding hydrogens is 178 g/mol. The Labute approximate surface area is 84.0 Å². The van der Waals surface area contributed by atoms with Crippen LogP contribution in [0.3, 0.4) is 0 Å². The van der Waals surface area contributed by atoms with E-state index < -0.39 is 0 Å². The van der Waals surface area contributed by atoms with E-state index in [1.807, 2.05) is 11.3 Å². The van der Waals surface area contributed by atoms with Gasteiger partial charge in [-0.1, -0.05) is 31.7 Å². The number of rotatable bonds is 1. The predicted octanol–water partition coefficient (Wildman–Crippen LogP) is 3.26. The Morgan fingerprint density at radius 1 is 1.15 bits per heavy atom. The molecule has 1 nitrogen and oxygen atoms in total. The van der Waals surface area contributed by atoms with Gasteiger partial charge in [0.15, 0.2) is 0 Å². The standard InChI is InChI=1S/C11H17NS/c12-11(10-6-5-9-13-10)7-3-1-2-4-8-11/h5-6,9H,1-4,7-8,12H2. The van der Waals surface area contributed by atoms with Crippen LogP contribution in [-0.2, 0) is 5.54 Å². The highest BCUT2D eigenvalue weighted by Crippen LogP contribution is 2.35. The number of nitrogens with two attached hydrogens (primary N) is 1. The number of hydrogen-bond acceptors (Lipinski definition) is 2. The maximum absolute atomic E-state index is 6.44. The monoisotopic (exact) mass is 195 g/mol. The van der Waals surface area contributed by atoms with Crippen molar-refractivity contribution in [2.75, 3.05) is 0 Å². The third-order valence-corrected chi connectivity index (χ3v) is 4.10. The zero-order valence-corrected chi connectivity index (χ0v) is 8.78. The third kappa shape index (κ3) is 1.94. The van der Waals surface area contributed by atoms with Crippen molar-refractivity contribution in [3.8, 4) is 0 Å². The summed E-state index contributed by atoms with van der Waals surface area (Å²) in [4.78, 5) is 1.38. The Hall–Kier alpha value is -0.340. The van der Waals surface area contributed by atoms with Gasteiger partial charge in [-0.2, -0.15) is 0 Å². The van der Waals surface area contributed by atoms with Gasteiger partial charge in [0, 0.05) is 4.88 Å². The van der Waals surface area contributed by atoms with Crippen LogP contribution in [0, 0.1) is 0 Å². The highest BCUT2D eigenvalue weighted by molar-refractivity contribution is 7.10. The summed E-state index contributed by atoms with van der Waals surface area (Å²) in [5, 5.41) is 2.13. The van der Waals surface area contributed by atoms with Crippen molar-refractivity contribution in [3.63, 3.8) is 0 Å². The van der Waals surface area contributed by atoms with E-state index >= 15 is 0 Å². The van der Waals surface area contributed by atoms with Crippen LogP contribution >= 0.6 is 11.3 Å². The summed E-state index contributed by atoms with van der Waals surface area (Å²) < 4.78 is 0. The molecule has 1 aliphatic rings. The van der Waals surface area contributed by atoms with Gasteiger partial charge in [0.2, 0.25) is 0 Å². The average molecular weight is 195 g/mol. The minimum Gasteiger partial charge on any atom is -0.321 e. The molecule has 2 rings (SSSR count). The summed E-state index contributed by atoms with van der Waals surface area (Å²) >= 11 is 1.81. The first-order chi connectivity index (χ1) is 6.31. The molecule has 2 heteroatoms. The fourth-order valence-corrected chi connectivity index (χ4v) is 3.07. The van der Waals surface area contributed by atoms with Gasteiger partial charge >= 0.3 is 0 Å². The molecule has 72 valence electrons. The lowest BCUT2D eigenvalue weighted by Gasteiger charge is -2.26. The first-order valence-electron chi connectivity index (χ1n) is 5.14. The second-order valence-corrected chi connectivity index (χ2v) is 5.00. The molecule has 0 aliphatic heterocycles. The number of thiophene rings is 1. The van der Waals surface area contributed by atoms with Gasteiger partial charge in [-0.15, -0.1) is 11.3 Å². The largest absolute Gasteiger partial charge is 0.321 e. The van der Waals surface area contributed by atoms with Crippen molar-refractivity contribution in [2.24, 2.45) is 5.73 Å². The minimum absolute atomic E-state index is 0.00463. The summed E-state index contributed by atoms with van der Waals surface area (Å²) in [6, 6.07) is 4.30. The second-order valence-electron chi connectivity index (χ2n) is 4.05. The molecule has 0 unspecified atom stereocenters. The molecule has 1 fully saturated rings. The van der Waals surface area contributed by atoms with E-state index in [0.29, 0.717) is 0 Å². The van der Waals surface area contributed by atoms with E-state index in [1.54, 1.807) is 0 Å². The molecule has 1 aromatic heterocycles. The molecule has 1 saturated carbocycles. The van der Waals surface area contributed by atoms with Gasteiger partial charge < -0.3 is 5.73 Å². The molecule has 0 atom stereocenters. The predicted molar refractivity (Wildman–Crippen MR) is 57.9 cm³/mol. The van der Waals surface area contributed by atoms with E-state index in [1.165, 1.54) is 43.4 Å². The molecule has 0 radical (unpaired) electrons. The summed E-state index contributed by atoms with van der Waals surface area (Å²) in [5.41, 5.74) is 6.44. The van der Waals surface area contributed by atoms with Gasteiger partial charge in [-0.05, 0) is 24.3 Å². The Morgan fingerprint density at radius 2 is 1.85 bits per heavy atom. The van der Waals surface area contributed by atoms with Gasteiger partial charge in [0.05, 0.1) is 5.54 Å². The van der Waals surface area contributed by atoms with Crippen molar-refractivity contribution in [3.05, 3.63) is 22.4 Å². The normalized spacial score (nSPS) is 22.5.